The van der Waals surface area contributed by atoms with Crippen LogP contribution in [-0.2, 0) is 14.8 Å². The van der Waals surface area contributed by atoms with Gasteiger partial charge in [-0.15, -0.1) is 0 Å². The third-order valence-corrected chi connectivity index (χ3v) is 8.52. The summed E-state index contributed by atoms with van der Waals surface area (Å²) in [6.07, 6.45) is 3.49. The summed E-state index contributed by atoms with van der Waals surface area (Å²) < 4.78 is 26.6. The summed E-state index contributed by atoms with van der Waals surface area (Å²) in [7, 11) is -3.44. The average Bonchev–Trinajstić information content (AvgIpc) is 2.70. The number of benzene rings is 1. The molecule has 1 saturated carbocycles. The molecule has 3 N–H and O–H groups in total. The molecule has 0 aromatic heterocycles. The lowest BCUT2D eigenvalue weighted by atomic mass is 9.78. The van der Waals surface area contributed by atoms with Gasteiger partial charge >= 0.3 is 0 Å². The Morgan fingerprint density at radius 2 is 1.79 bits per heavy atom. The third-order valence-electron chi connectivity index (χ3n) is 6.46. The quantitative estimate of drug-likeness (QED) is 0.638. The molecule has 1 aromatic rings. The van der Waals surface area contributed by atoms with Gasteiger partial charge in [0.15, 0.2) is 6.54 Å². The second-order valence-corrected chi connectivity index (χ2v) is 10.3. The van der Waals surface area contributed by atoms with Crippen molar-refractivity contribution in [2.75, 3.05) is 19.6 Å². The second-order valence-electron chi connectivity index (χ2n) is 8.33. The number of carbonyl (C=O) groups is 1. The first-order chi connectivity index (χ1) is 13.7. The lowest BCUT2D eigenvalue weighted by molar-refractivity contribution is -0.682. The minimum Gasteiger partial charge on any atom is -0.348 e. The van der Waals surface area contributed by atoms with E-state index in [2.05, 4.69) is 19.2 Å². The molecule has 1 fully saturated rings. The van der Waals surface area contributed by atoms with Crippen LogP contribution in [0.2, 0.25) is 0 Å². The van der Waals surface area contributed by atoms with Crippen molar-refractivity contribution in [1.82, 2.24) is 9.62 Å². The molecule has 1 aliphatic rings. The first-order valence-corrected chi connectivity index (χ1v) is 12.4. The SMILES string of the molecule is CCN(CC)S(=O)(=O)c1ccc([C@@H](C)[NH2+]CC(=O)N[C@H]2CCC[C@H](C)[C@@H]2C)cc1. The van der Waals surface area contributed by atoms with E-state index in [0.29, 0.717) is 36.4 Å². The normalized spacial score (nSPS) is 23.7. The first-order valence-electron chi connectivity index (χ1n) is 10.9. The van der Waals surface area contributed by atoms with Gasteiger partial charge in [-0.25, -0.2) is 8.42 Å². The van der Waals surface area contributed by atoms with Gasteiger partial charge in [-0.3, -0.25) is 4.79 Å². The highest BCUT2D eigenvalue weighted by atomic mass is 32.2. The summed E-state index contributed by atoms with van der Waals surface area (Å²) in [4.78, 5) is 12.7. The van der Waals surface area contributed by atoms with Crippen LogP contribution in [0.4, 0.5) is 0 Å². The topological polar surface area (TPSA) is 83.1 Å². The van der Waals surface area contributed by atoms with Gasteiger partial charge in [0, 0.05) is 24.7 Å². The van der Waals surface area contributed by atoms with Crippen LogP contribution < -0.4 is 10.6 Å². The van der Waals surface area contributed by atoms with Crippen molar-refractivity contribution in [1.29, 1.82) is 0 Å². The number of nitrogens with zero attached hydrogens (tertiary/aromatic N) is 1. The van der Waals surface area contributed by atoms with Crippen LogP contribution in [0.15, 0.2) is 29.2 Å². The Labute approximate surface area is 176 Å². The molecule has 2 rings (SSSR count). The molecule has 7 heteroatoms. The number of quaternary nitrogens is 1. The number of nitrogens with two attached hydrogens (primary N) is 1. The molecule has 0 saturated heterocycles. The molecule has 0 bridgehead atoms. The zero-order chi connectivity index (χ0) is 21.6. The van der Waals surface area contributed by atoms with Gasteiger partial charge in [0.05, 0.1) is 4.90 Å². The Hall–Kier alpha value is -1.44. The molecule has 4 atom stereocenters. The first kappa shape index (κ1) is 23.8. The number of nitrogens with one attached hydrogen (secondary N) is 1. The van der Waals surface area contributed by atoms with Gasteiger partial charge < -0.3 is 10.6 Å². The lowest BCUT2D eigenvalue weighted by Crippen LogP contribution is -2.87. The fourth-order valence-corrected chi connectivity index (χ4v) is 5.59. The van der Waals surface area contributed by atoms with Gasteiger partial charge in [0.2, 0.25) is 10.0 Å². The standard InChI is InChI=1S/C22H37N3O3S/c1-6-25(7-2)29(27,28)20-13-11-19(12-14-20)18(5)23-15-22(26)24-21-10-8-9-16(3)17(21)4/h11-14,16-18,21,23H,6-10,15H2,1-5H3,(H,24,26)/p+1/t16-,17-,18+,21-/m0/s1. The Kier molecular flexibility index (Phi) is 8.67. The van der Waals surface area contributed by atoms with E-state index >= 15 is 0 Å². The number of carbonyl (C=O) groups excluding carboxylic acids is 1. The lowest BCUT2D eigenvalue weighted by Gasteiger charge is -2.34. The zero-order valence-electron chi connectivity index (χ0n) is 18.5. The molecular weight excluding hydrogens is 386 g/mol. The molecule has 1 aliphatic carbocycles. The maximum Gasteiger partial charge on any atom is 0.275 e. The molecule has 0 spiro atoms. The minimum atomic E-state index is -3.44. The van der Waals surface area contributed by atoms with Crippen LogP contribution in [-0.4, -0.2) is 44.3 Å². The molecule has 0 unspecified atom stereocenters. The molecule has 6 nitrogen and oxygen atoms in total. The van der Waals surface area contributed by atoms with Gasteiger partial charge in [0.1, 0.15) is 6.04 Å². The van der Waals surface area contributed by atoms with E-state index < -0.39 is 10.0 Å². The second kappa shape index (κ2) is 10.5. The fraction of sp³-hybridized carbons (Fsp3) is 0.682. The van der Waals surface area contributed by atoms with E-state index in [1.165, 1.54) is 17.1 Å². The van der Waals surface area contributed by atoms with E-state index in [-0.39, 0.29) is 18.0 Å². The third kappa shape index (κ3) is 6.03. The molecule has 0 heterocycles. The van der Waals surface area contributed by atoms with Crippen molar-refractivity contribution in [2.45, 2.75) is 70.9 Å². The van der Waals surface area contributed by atoms with Crippen LogP contribution in [0.25, 0.3) is 0 Å². The number of hydrogen-bond donors (Lipinski definition) is 2. The van der Waals surface area contributed by atoms with E-state index in [1.807, 2.05) is 38.2 Å². The maximum absolute atomic E-state index is 12.6. The number of rotatable bonds is 9. The van der Waals surface area contributed by atoms with Gasteiger partial charge in [-0.1, -0.05) is 52.7 Å². The zero-order valence-corrected chi connectivity index (χ0v) is 19.3. The number of amides is 1. The van der Waals surface area contributed by atoms with E-state index in [1.54, 1.807) is 12.1 Å². The Balaban J connectivity index is 1.91. The van der Waals surface area contributed by atoms with Gasteiger partial charge in [-0.05, 0) is 37.3 Å². The predicted octanol–water partition coefficient (Wildman–Crippen LogP) is 2.28. The molecule has 1 amide bonds. The van der Waals surface area contributed by atoms with Crippen LogP contribution in [0.5, 0.6) is 0 Å². The highest BCUT2D eigenvalue weighted by Gasteiger charge is 2.28. The fourth-order valence-electron chi connectivity index (χ4n) is 4.13. The maximum atomic E-state index is 12.6. The minimum absolute atomic E-state index is 0.0727. The summed E-state index contributed by atoms with van der Waals surface area (Å²) >= 11 is 0. The number of hydrogen-bond acceptors (Lipinski definition) is 3. The molecule has 29 heavy (non-hydrogen) atoms. The summed E-state index contributed by atoms with van der Waals surface area (Å²) in [6, 6.07) is 7.38. The van der Waals surface area contributed by atoms with Crippen molar-refractivity contribution in [3.63, 3.8) is 0 Å². The Morgan fingerprint density at radius 1 is 1.17 bits per heavy atom. The Morgan fingerprint density at radius 3 is 2.38 bits per heavy atom. The molecule has 164 valence electrons. The van der Waals surface area contributed by atoms with Crippen molar-refractivity contribution < 1.29 is 18.5 Å². The highest BCUT2D eigenvalue weighted by molar-refractivity contribution is 7.89. The van der Waals surface area contributed by atoms with E-state index in [9.17, 15) is 13.2 Å². The van der Waals surface area contributed by atoms with Crippen LogP contribution in [0.3, 0.4) is 0 Å². The molecule has 1 aromatic carbocycles. The molecule has 0 radical (unpaired) electrons. The van der Waals surface area contributed by atoms with Crippen molar-refractivity contribution in [3.05, 3.63) is 29.8 Å². The van der Waals surface area contributed by atoms with Crippen LogP contribution in [0, 0.1) is 11.8 Å². The smallest absolute Gasteiger partial charge is 0.275 e. The molecule has 0 aliphatic heterocycles. The Bertz CT molecular complexity index is 760. The van der Waals surface area contributed by atoms with Crippen LogP contribution in [0.1, 0.15) is 65.5 Å². The van der Waals surface area contributed by atoms with Crippen molar-refractivity contribution >= 4 is 15.9 Å². The van der Waals surface area contributed by atoms with Crippen LogP contribution >= 0.6 is 0 Å². The summed E-state index contributed by atoms with van der Waals surface area (Å²) in [5, 5.41) is 5.21. The summed E-state index contributed by atoms with van der Waals surface area (Å²) in [5.74, 6) is 1.25. The summed E-state index contributed by atoms with van der Waals surface area (Å²) in [6.45, 7) is 11.5. The number of sulfonamides is 1. The average molecular weight is 425 g/mol. The van der Waals surface area contributed by atoms with Crippen molar-refractivity contribution in [2.24, 2.45) is 11.8 Å². The van der Waals surface area contributed by atoms with E-state index in [0.717, 1.165) is 12.0 Å². The van der Waals surface area contributed by atoms with Gasteiger partial charge in [-0.2, -0.15) is 4.31 Å². The monoisotopic (exact) mass is 424 g/mol. The predicted molar refractivity (Wildman–Crippen MR) is 116 cm³/mol. The summed E-state index contributed by atoms with van der Waals surface area (Å²) in [5.41, 5.74) is 1.01. The molecular formula is C22H38N3O3S+. The highest BCUT2D eigenvalue weighted by Crippen LogP contribution is 2.29. The van der Waals surface area contributed by atoms with Crippen molar-refractivity contribution in [3.8, 4) is 0 Å². The van der Waals surface area contributed by atoms with E-state index in [4.69, 9.17) is 0 Å². The largest absolute Gasteiger partial charge is 0.348 e. The van der Waals surface area contributed by atoms with Gasteiger partial charge in [0.25, 0.3) is 5.91 Å².